The molecule has 100 valence electrons. The van der Waals surface area contributed by atoms with Crippen LogP contribution < -0.4 is 10.5 Å². The lowest BCUT2D eigenvalue weighted by Gasteiger charge is -2.14. The van der Waals surface area contributed by atoms with E-state index in [9.17, 15) is 4.39 Å². The van der Waals surface area contributed by atoms with Gasteiger partial charge in [-0.15, -0.1) is 0 Å². The summed E-state index contributed by atoms with van der Waals surface area (Å²) in [4.78, 5) is 0. The van der Waals surface area contributed by atoms with Gasteiger partial charge in [-0.1, -0.05) is 18.2 Å². The highest BCUT2D eigenvalue weighted by atomic mass is 127. The highest BCUT2D eigenvalue weighted by molar-refractivity contribution is 14.1. The molecule has 0 radical (unpaired) electrons. The van der Waals surface area contributed by atoms with Gasteiger partial charge in [0, 0.05) is 11.6 Å². The SMILES string of the molecule is CC(N)Cc1c(F)cccc1Oc1ccccc1I. The zero-order chi connectivity index (χ0) is 13.8. The Hall–Kier alpha value is -1.14. The third-order valence-electron chi connectivity index (χ3n) is 2.66. The van der Waals surface area contributed by atoms with Gasteiger partial charge in [-0.25, -0.2) is 4.39 Å². The van der Waals surface area contributed by atoms with E-state index in [1.807, 2.05) is 31.2 Å². The van der Waals surface area contributed by atoms with Crippen LogP contribution in [0.2, 0.25) is 0 Å². The van der Waals surface area contributed by atoms with E-state index in [2.05, 4.69) is 22.6 Å². The summed E-state index contributed by atoms with van der Waals surface area (Å²) in [6.07, 6.45) is 0.450. The predicted octanol–water partition coefficient (Wildman–Crippen LogP) is 4.11. The van der Waals surface area contributed by atoms with Crippen molar-refractivity contribution in [2.45, 2.75) is 19.4 Å². The van der Waals surface area contributed by atoms with Crippen LogP contribution in [0.1, 0.15) is 12.5 Å². The Morgan fingerprint density at radius 1 is 1.16 bits per heavy atom. The molecule has 4 heteroatoms. The van der Waals surface area contributed by atoms with Crippen LogP contribution >= 0.6 is 22.6 Å². The molecule has 0 amide bonds. The van der Waals surface area contributed by atoms with Gasteiger partial charge in [-0.2, -0.15) is 0 Å². The molecule has 0 fully saturated rings. The van der Waals surface area contributed by atoms with Crippen molar-refractivity contribution in [2.24, 2.45) is 5.73 Å². The van der Waals surface area contributed by atoms with Gasteiger partial charge < -0.3 is 10.5 Å². The van der Waals surface area contributed by atoms with Gasteiger partial charge in [0.2, 0.25) is 0 Å². The van der Waals surface area contributed by atoms with Crippen molar-refractivity contribution >= 4 is 22.6 Å². The van der Waals surface area contributed by atoms with Crippen molar-refractivity contribution in [3.63, 3.8) is 0 Å². The van der Waals surface area contributed by atoms with Crippen molar-refractivity contribution in [3.8, 4) is 11.5 Å². The van der Waals surface area contributed by atoms with E-state index in [4.69, 9.17) is 10.5 Å². The van der Waals surface area contributed by atoms with E-state index < -0.39 is 0 Å². The second kappa shape index (κ2) is 6.34. The Balaban J connectivity index is 2.35. The first kappa shape index (κ1) is 14.3. The van der Waals surface area contributed by atoms with Crippen LogP contribution in [0, 0.1) is 9.39 Å². The Labute approximate surface area is 125 Å². The summed E-state index contributed by atoms with van der Waals surface area (Å²) in [5, 5.41) is 0. The average Bonchev–Trinajstić information content (AvgIpc) is 2.36. The number of nitrogens with two attached hydrogens (primary N) is 1. The molecule has 1 unspecified atom stereocenters. The second-order valence-corrected chi connectivity index (χ2v) is 5.59. The molecule has 0 bridgehead atoms. The summed E-state index contributed by atoms with van der Waals surface area (Å²) in [6.45, 7) is 1.85. The number of hydrogen-bond acceptors (Lipinski definition) is 2. The van der Waals surface area contributed by atoms with Crippen molar-refractivity contribution in [3.05, 3.63) is 57.4 Å². The minimum atomic E-state index is -0.277. The van der Waals surface area contributed by atoms with Crippen LogP contribution in [0.15, 0.2) is 42.5 Å². The Kier molecular flexibility index (Phi) is 4.76. The molecule has 0 aliphatic rings. The van der Waals surface area contributed by atoms with E-state index >= 15 is 0 Å². The fourth-order valence-corrected chi connectivity index (χ4v) is 2.30. The molecule has 0 aliphatic heterocycles. The zero-order valence-corrected chi connectivity index (χ0v) is 12.7. The normalized spacial score (nSPS) is 12.2. The topological polar surface area (TPSA) is 35.2 Å². The molecule has 0 aliphatic carbocycles. The highest BCUT2D eigenvalue weighted by Crippen LogP contribution is 2.30. The zero-order valence-electron chi connectivity index (χ0n) is 10.6. The lowest BCUT2D eigenvalue weighted by molar-refractivity contribution is 0.460. The van der Waals surface area contributed by atoms with Crippen LogP contribution in [0.3, 0.4) is 0 Å². The summed E-state index contributed by atoms with van der Waals surface area (Å²) >= 11 is 2.19. The lowest BCUT2D eigenvalue weighted by Crippen LogP contribution is -2.19. The van der Waals surface area contributed by atoms with Crippen LogP contribution in [0.25, 0.3) is 0 Å². The standard InChI is InChI=1S/C15H15FINO/c1-10(18)9-11-12(16)5-4-8-14(11)19-15-7-3-2-6-13(15)17/h2-8,10H,9,18H2,1H3. The van der Waals surface area contributed by atoms with E-state index in [-0.39, 0.29) is 11.9 Å². The van der Waals surface area contributed by atoms with Gasteiger partial charge >= 0.3 is 0 Å². The molecular weight excluding hydrogens is 356 g/mol. The summed E-state index contributed by atoms with van der Waals surface area (Å²) in [5.41, 5.74) is 6.29. The van der Waals surface area contributed by atoms with Crippen molar-refractivity contribution in [1.82, 2.24) is 0 Å². The fraction of sp³-hybridized carbons (Fsp3) is 0.200. The monoisotopic (exact) mass is 371 g/mol. The summed E-state index contributed by atoms with van der Waals surface area (Å²) < 4.78 is 20.7. The number of benzene rings is 2. The van der Waals surface area contributed by atoms with Crippen LogP contribution in [0.5, 0.6) is 11.5 Å². The van der Waals surface area contributed by atoms with E-state index in [0.29, 0.717) is 17.7 Å². The lowest BCUT2D eigenvalue weighted by atomic mass is 10.1. The second-order valence-electron chi connectivity index (χ2n) is 4.43. The van der Waals surface area contributed by atoms with Crippen LogP contribution in [-0.4, -0.2) is 6.04 Å². The number of halogens is 2. The molecule has 0 heterocycles. The minimum absolute atomic E-state index is 0.117. The van der Waals surface area contributed by atoms with E-state index in [0.717, 1.165) is 9.32 Å². The van der Waals surface area contributed by atoms with Gasteiger partial charge in [0.25, 0.3) is 0 Å². The highest BCUT2D eigenvalue weighted by Gasteiger charge is 2.13. The first-order valence-electron chi connectivity index (χ1n) is 6.03. The average molecular weight is 371 g/mol. The van der Waals surface area contributed by atoms with Gasteiger partial charge in [-0.05, 0) is 60.2 Å². The largest absolute Gasteiger partial charge is 0.456 e. The molecule has 2 aromatic rings. The Morgan fingerprint density at radius 3 is 2.53 bits per heavy atom. The quantitative estimate of drug-likeness (QED) is 0.821. The van der Waals surface area contributed by atoms with Crippen molar-refractivity contribution in [2.75, 3.05) is 0 Å². The first-order valence-corrected chi connectivity index (χ1v) is 7.11. The molecule has 19 heavy (non-hydrogen) atoms. The first-order chi connectivity index (χ1) is 9.08. The number of para-hydroxylation sites is 1. The molecule has 2 nitrogen and oxygen atoms in total. The van der Waals surface area contributed by atoms with Crippen molar-refractivity contribution < 1.29 is 9.13 Å². The Bertz CT molecular complexity index is 572. The predicted molar refractivity (Wildman–Crippen MR) is 83.0 cm³/mol. The summed E-state index contributed by atoms with van der Waals surface area (Å²) in [6, 6.07) is 12.4. The molecule has 0 spiro atoms. The third kappa shape index (κ3) is 3.67. The van der Waals surface area contributed by atoms with Gasteiger partial charge in [-0.3, -0.25) is 0 Å². The summed E-state index contributed by atoms with van der Waals surface area (Å²) in [7, 11) is 0. The molecule has 0 aromatic heterocycles. The minimum Gasteiger partial charge on any atom is -0.456 e. The fourth-order valence-electron chi connectivity index (χ4n) is 1.80. The summed E-state index contributed by atoms with van der Waals surface area (Å²) in [5.74, 6) is 0.974. The molecule has 1 atom stereocenters. The van der Waals surface area contributed by atoms with Crippen LogP contribution in [-0.2, 0) is 6.42 Å². The third-order valence-corrected chi connectivity index (χ3v) is 3.55. The molecule has 2 rings (SSSR count). The number of ether oxygens (including phenoxy) is 1. The molecule has 2 N–H and O–H groups in total. The van der Waals surface area contributed by atoms with Gasteiger partial charge in [0.1, 0.15) is 17.3 Å². The van der Waals surface area contributed by atoms with Crippen LogP contribution in [0.4, 0.5) is 4.39 Å². The van der Waals surface area contributed by atoms with Crippen molar-refractivity contribution in [1.29, 1.82) is 0 Å². The van der Waals surface area contributed by atoms with E-state index in [1.165, 1.54) is 6.07 Å². The maximum Gasteiger partial charge on any atom is 0.140 e. The molecule has 2 aromatic carbocycles. The Morgan fingerprint density at radius 2 is 1.84 bits per heavy atom. The molecule has 0 saturated heterocycles. The van der Waals surface area contributed by atoms with E-state index in [1.54, 1.807) is 12.1 Å². The number of hydrogen-bond donors (Lipinski definition) is 1. The molecular formula is C15H15FINO. The van der Waals surface area contributed by atoms with Gasteiger partial charge in [0.05, 0.1) is 3.57 Å². The molecule has 0 saturated carbocycles. The maximum absolute atomic E-state index is 13.9. The number of rotatable bonds is 4. The van der Waals surface area contributed by atoms with Gasteiger partial charge in [0.15, 0.2) is 0 Å². The maximum atomic E-state index is 13.9. The smallest absolute Gasteiger partial charge is 0.140 e.